The van der Waals surface area contributed by atoms with Crippen LogP contribution in [-0.4, -0.2) is 25.7 Å². The Bertz CT molecular complexity index is 790. The number of nitrogens with zero attached hydrogens (tertiary/aromatic N) is 1. The maximum Gasteiger partial charge on any atom is 0.251 e. The van der Waals surface area contributed by atoms with Crippen molar-refractivity contribution in [2.45, 2.75) is 18.3 Å². The minimum absolute atomic E-state index is 0.120. The number of rotatable bonds is 4. The lowest BCUT2D eigenvalue weighted by atomic mass is 9.74. The summed E-state index contributed by atoms with van der Waals surface area (Å²) in [4.78, 5) is 12.5. The minimum Gasteiger partial charge on any atom is -0.381 e. The Morgan fingerprint density at radius 3 is 2.56 bits per heavy atom. The third-order valence-corrected chi connectivity index (χ3v) is 5.24. The van der Waals surface area contributed by atoms with E-state index >= 15 is 0 Å². The molecule has 1 aliphatic rings. The van der Waals surface area contributed by atoms with Gasteiger partial charge in [0.05, 0.1) is 11.6 Å². The van der Waals surface area contributed by atoms with Gasteiger partial charge in [-0.25, -0.2) is 0 Å². The molecular formula is C20H19BrN2O2. The molecule has 25 heavy (non-hydrogen) atoms. The van der Waals surface area contributed by atoms with Gasteiger partial charge in [0.15, 0.2) is 0 Å². The number of benzene rings is 2. The Hall–Kier alpha value is -2.16. The third-order valence-electron chi connectivity index (χ3n) is 4.75. The maximum atomic E-state index is 12.5. The molecule has 1 fully saturated rings. The first kappa shape index (κ1) is 17.7. The molecule has 0 radical (unpaired) electrons. The first-order valence-electron chi connectivity index (χ1n) is 8.25. The van der Waals surface area contributed by atoms with Gasteiger partial charge < -0.3 is 10.1 Å². The number of halogens is 1. The summed E-state index contributed by atoms with van der Waals surface area (Å²) >= 11 is 3.54. The molecule has 4 nitrogen and oxygen atoms in total. The van der Waals surface area contributed by atoms with Crippen molar-refractivity contribution in [2.24, 2.45) is 0 Å². The molecule has 0 unspecified atom stereocenters. The largest absolute Gasteiger partial charge is 0.381 e. The summed E-state index contributed by atoms with van der Waals surface area (Å²) in [5.41, 5.74) is 2.21. The standard InChI is InChI=1S/C20H19BrN2O2/c21-18-3-1-2-17(12-18)20(8-10-25-11-9-20)14-23-19(24)16-6-4-15(13-22)5-7-16/h1-7,12H,8-11,14H2,(H,23,24). The van der Waals surface area contributed by atoms with Crippen molar-refractivity contribution in [1.82, 2.24) is 5.32 Å². The Balaban J connectivity index is 1.76. The second-order valence-corrected chi connectivity index (χ2v) is 7.19. The second kappa shape index (κ2) is 7.81. The van der Waals surface area contributed by atoms with Gasteiger partial charge in [0.1, 0.15) is 0 Å². The number of hydrogen-bond donors (Lipinski definition) is 1. The molecule has 0 spiro atoms. The number of amides is 1. The van der Waals surface area contributed by atoms with Crippen molar-refractivity contribution in [3.8, 4) is 6.07 Å². The van der Waals surface area contributed by atoms with Crippen LogP contribution in [0.2, 0.25) is 0 Å². The van der Waals surface area contributed by atoms with Gasteiger partial charge in [-0.15, -0.1) is 0 Å². The van der Waals surface area contributed by atoms with Gasteiger partial charge in [-0.05, 0) is 54.8 Å². The van der Waals surface area contributed by atoms with Gasteiger partial charge in [0.25, 0.3) is 5.91 Å². The monoisotopic (exact) mass is 398 g/mol. The predicted molar refractivity (Wildman–Crippen MR) is 99.4 cm³/mol. The van der Waals surface area contributed by atoms with Crippen molar-refractivity contribution in [1.29, 1.82) is 5.26 Å². The van der Waals surface area contributed by atoms with Crippen LogP contribution in [0.25, 0.3) is 0 Å². The number of ether oxygens (including phenoxy) is 1. The zero-order valence-corrected chi connectivity index (χ0v) is 15.4. The van der Waals surface area contributed by atoms with Crippen LogP contribution >= 0.6 is 15.9 Å². The Labute approximate surface area is 155 Å². The van der Waals surface area contributed by atoms with Gasteiger partial charge in [-0.3, -0.25) is 4.79 Å². The summed E-state index contributed by atoms with van der Waals surface area (Å²) < 4.78 is 6.57. The van der Waals surface area contributed by atoms with Crippen molar-refractivity contribution in [2.75, 3.05) is 19.8 Å². The van der Waals surface area contributed by atoms with E-state index in [1.807, 2.05) is 12.1 Å². The summed E-state index contributed by atoms with van der Waals surface area (Å²) in [5, 5.41) is 11.9. The number of carbonyl (C=O) groups excluding carboxylic acids is 1. The molecular weight excluding hydrogens is 380 g/mol. The van der Waals surface area contributed by atoms with Crippen LogP contribution in [0.3, 0.4) is 0 Å². The summed E-state index contributed by atoms with van der Waals surface area (Å²) in [6.45, 7) is 1.95. The number of carbonyl (C=O) groups is 1. The van der Waals surface area contributed by atoms with Gasteiger partial charge >= 0.3 is 0 Å². The molecule has 2 aromatic rings. The lowest BCUT2D eigenvalue weighted by Crippen LogP contribution is -2.44. The fourth-order valence-corrected chi connectivity index (χ4v) is 3.59. The van der Waals surface area contributed by atoms with Crippen molar-refractivity contribution >= 4 is 21.8 Å². The van der Waals surface area contributed by atoms with Crippen LogP contribution in [0.5, 0.6) is 0 Å². The van der Waals surface area contributed by atoms with E-state index in [0.717, 1.165) is 17.3 Å². The second-order valence-electron chi connectivity index (χ2n) is 6.27. The molecule has 0 aliphatic carbocycles. The first-order valence-corrected chi connectivity index (χ1v) is 9.04. The van der Waals surface area contributed by atoms with Crippen LogP contribution in [0, 0.1) is 11.3 Å². The fraction of sp³-hybridized carbons (Fsp3) is 0.300. The molecule has 2 aromatic carbocycles. The predicted octanol–water partition coefficient (Wildman–Crippen LogP) is 3.80. The summed E-state index contributed by atoms with van der Waals surface area (Å²) in [5.74, 6) is -0.120. The van der Waals surface area contributed by atoms with Crippen LogP contribution in [0.1, 0.15) is 34.3 Å². The van der Waals surface area contributed by atoms with Crippen LogP contribution in [0.15, 0.2) is 53.0 Å². The zero-order chi connectivity index (χ0) is 17.7. The molecule has 128 valence electrons. The summed E-state index contributed by atoms with van der Waals surface area (Å²) in [6, 6.07) is 17.0. The van der Waals surface area contributed by atoms with Crippen LogP contribution in [0.4, 0.5) is 0 Å². The summed E-state index contributed by atoms with van der Waals surface area (Å²) in [7, 11) is 0. The lowest BCUT2D eigenvalue weighted by molar-refractivity contribution is 0.0487. The maximum absolute atomic E-state index is 12.5. The van der Waals surface area contributed by atoms with E-state index in [0.29, 0.717) is 30.9 Å². The Morgan fingerprint density at radius 1 is 1.20 bits per heavy atom. The highest BCUT2D eigenvalue weighted by atomic mass is 79.9. The highest BCUT2D eigenvalue weighted by Crippen LogP contribution is 2.35. The molecule has 0 atom stereocenters. The van der Waals surface area contributed by atoms with E-state index in [2.05, 4.69) is 39.4 Å². The zero-order valence-electron chi connectivity index (χ0n) is 13.8. The number of nitriles is 1. The van der Waals surface area contributed by atoms with Crippen molar-refractivity contribution in [3.05, 3.63) is 69.7 Å². The Morgan fingerprint density at radius 2 is 1.92 bits per heavy atom. The van der Waals surface area contributed by atoms with Crippen LogP contribution in [-0.2, 0) is 10.2 Å². The van der Waals surface area contributed by atoms with Gasteiger partial charge in [0.2, 0.25) is 0 Å². The molecule has 0 aromatic heterocycles. The van der Waals surface area contributed by atoms with Gasteiger partial charge in [-0.1, -0.05) is 28.1 Å². The van der Waals surface area contributed by atoms with E-state index in [4.69, 9.17) is 10.00 Å². The topological polar surface area (TPSA) is 62.1 Å². The van der Waals surface area contributed by atoms with Gasteiger partial charge in [-0.2, -0.15) is 5.26 Å². The molecule has 3 rings (SSSR count). The quantitative estimate of drug-likeness (QED) is 0.851. The normalized spacial score (nSPS) is 16.0. The molecule has 1 amide bonds. The first-order chi connectivity index (χ1) is 12.1. The highest BCUT2D eigenvalue weighted by Gasteiger charge is 2.35. The lowest BCUT2D eigenvalue weighted by Gasteiger charge is -2.38. The molecule has 5 heteroatoms. The van der Waals surface area contributed by atoms with Gasteiger partial charge in [0, 0.05) is 35.2 Å². The van der Waals surface area contributed by atoms with E-state index in [-0.39, 0.29) is 11.3 Å². The van der Waals surface area contributed by atoms with E-state index < -0.39 is 0 Å². The van der Waals surface area contributed by atoms with E-state index in [9.17, 15) is 4.79 Å². The number of nitrogens with one attached hydrogen (secondary N) is 1. The Kier molecular flexibility index (Phi) is 5.52. The van der Waals surface area contributed by atoms with Crippen molar-refractivity contribution in [3.63, 3.8) is 0 Å². The fourth-order valence-electron chi connectivity index (χ4n) is 3.20. The smallest absolute Gasteiger partial charge is 0.251 e. The number of hydrogen-bond acceptors (Lipinski definition) is 3. The highest BCUT2D eigenvalue weighted by molar-refractivity contribution is 9.10. The molecule has 0 bridgehead atoms. The molecule has 1 saturated heterocycles. The molecule has 1 N–H and O–H groups in total. The van der Waals surface area contributed by atoms with E-state index in [1.54, 1.807) is 24.3 Å². The average Bonchev–Trinajstić information content (AvgIpc) is 2.67. The molecule has 1 aliphatic heterocycles. The van der Waals surface area contributed by atoms with E-state index in [1.165, 1.54) is 5.56 Å². The molecule has 1 heterocycles. The summed E-state index contributed by atoms with van der Waals surface area (Å²) in [6.07, 6.45) is 1.74. The SMILES string of the molecule is N#Cc1ccc(C(=O)NCC2(c3cccc(Br)c3)CCOCC2)cc1. The third kappa shape index (κ3) is 4.09. The van der Waals surface area contributed by atoms with Crippen molar-refractivity contribution < 1.29 is 9.53 Å². The average molecular weight is 399 g/mol. The van der Waals surface area contributed by atoms with Crippen LogP contribution < -0.4 is 5.32 Å². The minimum atomic E-state index is -0.121. The molecule has 0 saturated carbocycles.